The second-order valence-corrected chi connectivity index (χ2v) is 6.67. The van der Waals surface area contributed by atoms with E-state index in [1.165, 1.54) is 23.4 Å². The fourth-order valence-electron chi connectivity index (χ4n) is 2.76. The first kappa shape index (κ1) is 19.0. The summed E-state index contributed by atoms with van der Waals surface area (Å²) in [6.07, 6.45) is 2.22. The van der Waals surface area contributed by atoms with Crippen LogP contribution in [0.1, 0.15) is 36.8 Å². The molecule has 1 atom stereocenters. The van der Waals surface area contributed by atoms with Gasteiger partial charge in [-0.2, -0.15) is 0 Å². The molecule has 3 nitrogen and oxygen atoms in total. The van der Waals surface area contributed by atoms with Crippen LogP contribution in [-0.4, -0.2) is 26.5 Å². The molecule has 0 radical (unpaired) electrons. The Morgan fingerprint density at radius 2 is 1.88 bits per heavy atom. The molecule has 0 spiro atoms. The molecule has 1 amide bonds. The number of anilines is 1. The Kier molecular flexibility index (Phi) is 6.99. The molecule has 1 N–H and O–H groups in total. The molecule has 4 heteroatoms. The van der Waals surface area contributed by atoms with Crippen molar-refractivity contribution in [3.63, 3.8) is 0 Å². The number of rotatable bonds is 8. The number of benzene rings is 2. The molecule has 25 heavy (non-hydrogen) atoms. The van der Waals surface area contributed by atoms with Crippen molar-refractivity contribution in [3.05, 3.63) is 65.5 Å². The van der Waals surface area contributed by atoms with Crippen molar-refractivity contribution in [2.45, 2.75) is 32.1 Å². The highest BCUT2D eigenvalue weighted by Crippen LogP contribution is 2.19. The van der Waals surface area contributed by atoms with Crippen molar-refractivity contribution in [3.8, 4) is 0 Å². The lowest BCUT2D eigenvalue weighted by Crippen LogP contribution is -2.25. The van der Waals surface area contributed by atoms with Crippen LogP contribution in [0, 0.1) is 5.82 Å². The minimum Gasteiger partial charge on any atom is -0.378 e. The van der Waals surface area contributed by atoms with E-state index < -0.39 is 0 Å². The number of aryl methyl sites for hydroxylation is 1. The summed E-state index contributed by atoms with van der Waals surface area (Å²) < 4.78 is 13.2. The van der Waals surface area contributed by atoms with Gasteiger partial charge in [-0.05, 0) is 54.2 Å². The van der Waals surface area contributed by atoms with Crippen LogP contribution in [0.5, 0.6) is 0 Å². The first-order valence-corrected chi connectivity index (χ1v) is 8.74. The van der Waals surface area contributed by atoms with Crippen LogP contribution in [0.4, 0.5) is 10.1 Å². The molecule has 0 saturated carbocycles. The van der Waals surface area contributed by atoms with Crippen molar-refractivity contribution < 1.29 is 9.18 Å². The third kappa shape index (κ3) is 6.22. The second-order valence-electron chi connectivity index (χ2n) is 6.67. The highest BCUT2D eigenvalue weighted by atomic mass is 19.1. The predicted molar refractivity (Wildman–Crippen MR) is 102 cm³/mol. The average Bonchev–Trinajstić information content (AvgIpc) is 2.59. The van der Waals surface area contributed by atoms with Crippen LogP contribution in [0.3, 0.4) is 0 Å². The normalized spacial score (nSPS) is 11.8. The zero-order valence-corrected chi connectivity index (χ0v) is 15.3. The summed E-state index contributed by atoms with van der Waals surface area (Å²) in [5.74, 6) is -0.237. The van der Waals surface area contributed by atoms with Gasteiger partial charge in [-0.15, -0.1) is 0 Å². The minimum absolute atomic E-state index is 0.00859. The van der Waals surface area contributed by atoms with Gasteiger partial charge in [0.25, 0.3) is 0 Å². The molecule has 0 aliphatic heterocycles. The van der Waals surface area contributed by atoms with Gasteiger partial charge in [0, 0.05) is 32.7 Å². The molecule has 0 saturated heterocycles. The van der Waals surface area contributed by atoms with Gasteiger partial charge in [0.15, 0.2) is 0 Å². The number of carbonyl (C=O) groups excluding carboxylic acids is 1. The van der Waals surface area contributed by atoms with Crippen molar-refractivity contribution in [2.75, 3.05) is 25.5 Å². The molecule has 2 rings (SSSR count). The summed E-state index contributed by atoms with van der Waals surface area (Å²) in [7, 11) is 4.05. The van der Waals surface area contributed by atoms with E-state index in [-0.39, 0.29) is 17.6 Å². The van der Waals surface area contributed by atoms with Crippen LogP contribution >= 0.6 is 0 Å². The Morgan fingerprint density at radius 3 is 2.52 bits per heavy atom. The Bertz CT molecular complexity index is 683. The molecule has 0 heterocycles. The minimum atomic E-state index is -0.259. The Hall–Kier alpha value is -2.36. The molecule has 0 bridgehead atoms. The third-order valence-corrected chi connectivity index (χ3v) is 4.33. The highest BCUT2D eigenvalue weighted by molar-refractivity contribution is 5.76. The molecule has 2 aromatic rings. The van der Waals surface area contributed by atoms with Gasteiger partial charge in [0.2, 0.25) is 5.91 Å². The standard InChI is InChI=1S/C21H27FN2O/c1-16(18-7-4-8-19(22)15-18)14-21(25)23-13-5-6-17-9-11-20(12-10-17)24(2)3/h4,7-12,15-16H,5-6,13-14H2,1-3H3,(H,23,25). The number of amides is 1. The topological polar surface area (TPSA) is 32.3 Å². The molecule has 0 aliphatic carbocycles. The lowest BCUT2D eigenvalue weighted by molar-refractivity contribution is -0.121. The molecule has 0 aliphatic rings. The maximum atomic E-state index is 13.2. The van der Waals surface area contributed by atoms with E-state index in [0.29, 0.717) is 13.0 Å². The van der Waals surface area contributed by atoms with Crippen LogP contribution in [-0.2, 0) is 11.2 Å². The quantitative estimate of drug-likeness (QED) is 0.732. The van der Waals surface area contributed by atoms with Gasteiger partial charge < -0.3 is 10.2 Å². The fourth-order valence-corrected chi connectivity index (χ4v) is 2.76. The lowest BCUT2D eigenvalue weighted by atomic mass is 9.97. The van der Waals surface area contributed by atoms with E-state index in [0.717, 1.165) is 18.4 Å². The van der Waals surface area contributed by atoms with E-state index in [2.05, 4.69) is 34.5 Å². The summed E-state index contributed by atoms with van der Waals surface area (Å²) in [6, 6.07) is 14.9. The van der Waals surface area contributed by atoms with Crippen molar-refractivity contribution in [1.82, 2.24) is 5.32 Å². The first-order chi connectivity index (χ1) is 12.0. The smallest absolute Gasteiger partial charge is 0.220 e. The molecule has 1 unspecified atom stereocenters. The van der Waals surface area contributed by atoms with E-state index in [9.17, 15) is 9.18 Å². The highest BCUT2D eigenvalue weighted by Gasteiger charge is 2.11. The molecular weight excluding hydrogens is 315 g/mol. The van der Waals surface area contributed by atoms with Gasteiger partial charge in [-0.25, -0.2) is 4.39 Å². The number of hydrogen-bond donors (Lipinski definition) is 1. The third-order valence-electron chi connectivity index (χ3n) is 4.33. The van der Waals surface area contributed by atoms with Crippen LogP contribution in [0.15, 0.2) is 48.5 Å². The van der Waals surface area contributed by atoms with Gasteiger partial charge in [0.05, 0.1) is 0 Å². The summed E-state index contributed by atoms with van der Waals surface area (Å²) >= 11 is 0. The molecule has 0 fully saturated rings. The van der Waals surface area contributed by atoms with Gasteiger partial charge >= 0.3 is 0 Å². The largest absolute Gasteiger partial charge is 0.378 e. The van der Waals surface area contributed by atoms with Crippen LogP contribution in [0.2, 0.25) is 0 Å². The van der Waals surface area contributed by atoms with Crippen LogP contribution < -0.4 is 10.2 Å². The van der Waals surface area contributed by atoms with E-state index in [1.54, 1.807) is 6.07 Å². The molecule has 2 aromatic carbocycles. The molecular formula is C21H27FN2O. The fraction of sp³-hybridized carbons (Fsp3) is 0.381. The Balaban J connectivity index is 1.70. The van der Waals surface area contributed by atoms with Crippen molar-refractivity contribution in [2.24, 2.45) is 0 Å². The van der Waals surface area contributed by atoms with Gasteiger partial charge in [-0.3, -0.25) is 4.79 Å². The van der Waals surface area contributed by atoms with E-state index in [1.807, 2.05) is 27.1 Å². The summed E-state index contributed by atoms with van der Waals surface area (Å²) in [5.41, 5.74) is 3.31. The molecule has 134 valence electrons. The van der Waals surface area contributed by atoms with Gasteiger partial charge in [0.1, 0.15) is 5.82 Å². The summed E-state index contributed by atoms with van der Waals surface area (Å²) in [4.78, 5) is 14.1. The summed E-state index contributed by atoms with van der Waals surface area (Å²) in [5, 5.41) is 2.96. The SMILES string of the molecule is CC(CC(=O)NCCCc1ccc(N(C)C)cc1)c1cccc(F)c1. The predicted octanol–water partition coefficient (Wildman–Crippen LogP) is 4.13. The zero-order chi connectivity index (χ0) is 18.2. The number of carbonyl (C=O) groups is 1. The monoisotopic (exact) mass is 342 g/mol. The summed E-state index contributed by atoms with van der Waals surface area (Å²) in [6.45, 7) is 2.60. The number of hydrogen-bond acceptors (Lipinski definition) is 2. The number of nitrogens with one attached hydrogen (secondary N) is 1. The van der Waals surface area contributed by atoms with Crippen LogP contribution in [0.25, 0.3) is 0 Å². The zero-order valence-electron chi connectivity index (χ0n) is 15.3. The van der Waals surface area contributed by atoms with E-state index >= 15 is 0 Å². The van der Waals surface area contributed by atoms with Gasteiger partial charge in [-0.1, -0.05) is 31.2 Å². The first-order valence-electron chi connectivity index (χ1n) is 8.74. The Labute approximate surface area is 149 Å². The number of nitrogens with zero attached hydrogens (tertiary/aromatic N) is 1. The molecule has 0 aromatic heterocycles. The van der Waals surface area contributed by atoms with Crippen molar-refractivity contribution in [1.29, 1.82) is 0 Å². The second kappa shape index (κ2) is 9.21. The van der Waals surface area contributed by atoms with Crippen molar-refractivity contribution >= 4 is 11.6 Å². The maximum absolute atomic E-state index is 13.2. The average molecular weight is 342 g/mol. The van der Waals surface area contributed by atoms with E-state index in [4.69, 9.17) is 0 Å². The maximum Gasteiger partial charge on any atom is 0.220 e. The number of halogens is 1. The Morgan fingerprint density at radius 1 is 1.16 bits per heavy atom. The lowest BCUT2D eigenvalue weighted by Gasteiger charge is -2.13.